The molecule has 0 N–H and O–H groups in total. The summed E-state index contributed by atoms with van der Waals surface area (Å²) in [5, 5.41) is 4.97. The van der Waals surface area contributed by atoms with Crippen LogP contribution >= 0.6 is 0 Å². The van der Waals surface area contributed by atoms with Crippen LogP contribution in [0.4, 0.5) is 34.1 Å². The second-order valence-electron chi connectivity index (χ2n) is 17.7. The number of benzene rings is 9. The Bertz CT molecular complexity index is 3040. The highest BCUT2D eigenvalue weighted by molar-refractivity contribution is 6.14. The van der Waals surface area contributed by atoms with Crippen LogP contribution in [-0.4, -0.2) is 0 Å². The lowest BCUT2D eigenvalue weighted by Gasteiger charge is -2.34. The van der Waals surface area contributed by atoms with Crippen molar-refractivity contribution in [1.29, 1.82) is 0 Å². The molecule has 0 aromatic heterocycles. The zero-order valence-corrected chi connectivity index (χ0v) is 33.9. The molecule has 13 rings (SSSR count). The van der Waals surface area contributed by atoms with Crippen LogP contribution in [0.3, 0.4) is 0 Å². The first-order chi connectivity index (χ1) is 29.3. The summed E-state index contributed by atoms with van der Waals surface area (Å²) >= 11 is 0. The largest absolute Gasteiger partial charge is 0.453 e. The van der Waals surface area contributed by atoms with Crippen molar-refractivity contribution in [3.63, 3.8) is 0 Å². The Kier molecular flexibility index (Phi) is 6.55. The molecule has 2 heterocycles. The smallest absolute Gasteiger partial charge is 0.151 e. The third-order valence-corrected chi connectivity index (χ3v) is 13.8. The lowest BCUT2D eigenvalue weighted by molar-refractivity contribution is 0.477. The predicted octanol–water partition coefficient (Wildman–Crippen LogP) is 15.8. The number of fused-ring (bicyclic) bond motifs is 14. The fraction of sp³-hybridized carbons (Fsp3) is 0.107. The lowest BCUT2D eigenvalue weighted by Crippen LogP contribution is -2.19. The molecule has 286 valence electrons. The van der Waals surface area contributed by atoms with Crippen molar-refractivity contribution >= 4 is 55.7 Å². The van der Waals surface area contributed by atoms with Gasteiger partial charge in [-0.05, 0) is 128 Å². The molecule has 4 nitrogen and oxygen atoms in total. The van der Waals surface area contributed by atoms with Gasteiger partial charge < -0.3 is 19.3 Å². The number of hydrogen-bond acceptors (Lipinski definition) is 4. The second-order valence-corrected chi connectivity index (χ2v) is 17.7. The molecule has 2 aliphatic heterocycles. The number of hydrogen-bond donors (Lipinski definition) is 0. The average molecular weight is 773 g/mol. The van der Waals surface area contributed by atoms with Gasteiger partial charge in [0.25, 0.3) is 0 Å². The van der Waals surface area contributed by atoms with Gasteiger partial charge in [0.05, 0.1) is 34.1 Å². The molecule has 0 saturated heterocycles. The van der Waals surface area contributed by atoms with Gasteiger partial charge in [0.2, 0.25) is 0 Å². The molecule has 60 heavy (non-hydrogen) atoms. The number of para-hydroxylation sites is 8. The van der Waals surface area contributed by atoms with Crippen molar-refractivity contribution in [3.8, 4) is 45.3 Å². The summed E-state index contributed by atoms with van der Waals surface area (Å²) < 4.78 is 12.9. The van der Waals surface area contributed by atoms with Crippen molar-refractivity contribution in [2.45, 2.75) is 38.5 Å². The maximum Gasteiger partial charge on any atom is 0.151 e. The first-order valence-electron chi connectivity index (χ1n) is 20.9. The zero-order chi connectivity index (χ0) is 40.1. The summed E-state index contributed by atoms with van der Waals surface area (Å²) in [6.07, 6.45) is 0. The van der Waals surface area contributed by atoms with Gasteiger partial charge in [-0.1, -0.05) is 125 Å². The van der Waals surface area contributed by atoms with Crippen molar-refractivity contribution in [3.05, 3.63) is 192 Å². The standard InChI is InChI=1S/C56H40N2O2/c1-55(2)39-29-38-40(30-37(39)53-35-19-7-5-17-33(35)47(31-41(53)55)57-43-21-9-13-25-49(43)59-50-26-14-10-22-44(50)57)56(3,4)42-32-48(34-18-6-8-20-36(34)54(38)42)58-45-23-11-15-27-51(45)60-52-28-16-12-24-46(52)58/h5-32H,1-4H3. The molecular weight excluding hydrogens is 733 g/mol. The maximum absolute atomic E-state index is 6.47. The van der Waals surface area contributed by atoms with E-state index in [4.69, 9.17) is 9.47 Å². The van der Waals surface area contributed by atoms with Crippen LogP contribution in [0, 0.1) is 0 Å². The SMILES string of the molecule is CC1(C)c2cc3c(cc2-c2c1cc(N1c4ccccc4Oc4ccccc41)c1ccccc21)C(C)(C)c1cc(N2c4ccccc4Oc4ccccc42)c2ccccc2c1-3. The van der Waals surface area contributed by atoms with Gasteiger partial charge in [-0.15, -0.1) is 0 Å². The van der Waals surface area contributed by atoms with Gasteiger partial charge in [0, 0.05) is 21.6 Å². The minimum Gasteiger partial charge on any atom is -0.453 e. The molecule has 0 saturated carbocycles. The van der Waals surface area contributed by atoms with Crippen LogP contribution in [0.15, 0.2) is 170 Å². The molecule has 0 spiro atoms. The number of nitrogens with zero attached hydrogens (tertiary/aromatic N) is 2. The number of rotatable bonds is 2. The highest BCUT2D eigenvalue weighted by atomic mass is 16.5. The lowest BCUT2D eigenvalue weighted by atomic mass is 9.79. The van der Waals surface area contributed by atoms with Gasteiger partial charge in [-0.2, -0.15) is 0 Å². The third kappa shape index (κ3) is 4.30. The van der Waals surface area contributed by atoms with Crippen molar-refractivity contribution in [2.75, 3.05) is 9.80 Å². The van der Waals surface area contributed by atoms with Gasteiger partial charge in [0.15, 0.2) is 23.0 Å². The van der Waals surface area contributed by atoms with Crippen molar-refractivity contribution in [1.82, 2.24) is 0 Å². The van der Waals surface area contributed by atoms with E-state index in [0.717, 1.165) is 57.1 Å². The number of ether oxygens (including phenoxy) is 2. The van der Waals surface area contributed by atoms with Crippen LogP contribution in [0.2, 0.25) is 0 Å². The van der Waals surface area contributed by atoms with E-state index in [1.54, 1.807) is 0 Å². The van der Waals surface area contributed by atoms with Gasteiger partial charge in [0.1, 0.15) is 0 Å². The van der Waals surface area contributed by atoms with Crippen LogP contribution in [0.25, 0.3) is 43.8 Å². The second kappa shape index (κ2) is 11.7. The third-order valence-electron chi connectivity index (χ3n) is 13.8. The molecule has 0 unspecified atom stereocenters. The van der Waals surface area contributed by atoms with E-state index < -0.39 is 0 Å². The topological polar surface area (TPSA) is 24.9 Å². The Morgan fingerprint density at radius 2 is 0.617 bits per heavy atom. The van der Waals surface area contributed by atoms with Crippen LogP contribution in [-0.2, 0) is 10.8 Å². The first-order valence-corrected chi connectivity index (χ1v) is 20.9. The van der Waals surface area contributed by atoms with E-state index >= 15 is 0 Å². The minimum absolute atomic E-state index is 0.270. The molecule has 9 aromatic rings. The van der Waals surface area contributed by atoms with E-state index in [-0.39, 0.29) is 10.8 Å². The van der Waals surface area contributed by atoms with Crippen molar-refractivity contribution < 1.29 is 9.47 Å². The highest BCUT2D eigenvalue weighted by Crippen LogP contribution is 2.62. The number of anilines is 6. The molecule has 9 aromatic carbocycles. The summed E-state index contributed by atoms with van der Waals surface area (Å²) in [6.45, 7) is 9.66. The molecule has 0 radical (unpaired) electrons. The molecule has 2 aliphatic carbocycles. The van der Waals surface area contributed by atoms with Crippen LogP contribution < -0.4 is 19.3 Å². The zero-order valence-electron chi connectivity index (χ0n) is 33.9. The molecule has 4 heteroatoms. The Labute approximate surface area is 349 Å². The molecule has 4 aliphatic rings. The molecular formula is C56H40N2O2. The van der Waals surface area contributed by atoms with E-state index in [0.29, 0.717) is 0 Å². The summed E-state index contributed by atoms with van der Waals surface area (Å²) in [4.78, 5) is 4.81. The predicted molar refractivity (Wildman–Crippen MR) is 246 cm³/mol. The Morgan fingerprint density at radius 1 is 0.317 bits per heavy atom. The molecule has 0 atom stereocenters. The monoisotopic (exact) mass is 772 g/mol. The van der Waals surface area contributed by atoms with E-state index in [1.165, 1.54) is 66.1 Å². The van der Waals surface area contributed by atoms with E-state index in [1.807, 2.05) is 0 Å². The van der Waals surface area contributed by atoms with Gasteiger partial charge in [-0.3, -0.25) is 0 Å². The summed E-state index contributed by atoms with van der Waals surface area (Å²) in [6, 6.07) is 61.6. The molecule has 0 fully saturated rings. The van der Waals surface area contributed by atoms with Crippen LogP contribution in [0.1, 0.15) is 49.9 Å². The highest BCUT2D eigenvalue weighted by Gasteiger charge is 2.44. The summed E-state index contributed by atoms with van der Waals surface area (Å²) in [5.74, 6) is 3.44. The van der Waals surface area contributed by atoms with Gasteiger partial charge >= 0.3 is 0 Å². The Balaban J connectivity index is 1.04. The average Bonchev–Trinajstić information content (AvgIpc) is 3.64. The Morgan fingerprint density at radius 3 is 0.967 bits per heavy atom. The first kappa shape index (κ1) is 33.6. The fourth-order valence-electron chi connectivity index (χ4n) is 10.9. The molecule has 0 bridgehead atoms. The minimum atomic E-state index is -0.270. The van der Waals surface area contributed by atoms with Gasteiger partial charge in [-0.25, -0.2) is 0 Å². The summed E-state index contributed by atoms with van der Waals surface area (Å²) in [5.41, 5.74) is 16.7. The van der Waals surface area contributed by atoms with Crippen LogP contribution in [0.5, 0.6) is 23.0 Å². The Hall–Kier alpha value is -7.30. The maximum atomic E-state index is 6.47. The summed E-state index contributed by atoms with van der Waals surface area (Å²) in [7, 11) is 0. The quantitative estimate of drug-likeness (QED) is 0.175. The van der Waals surface area contributed by atoms with Crippen molar-refractivity contribution in [2.24, 2.45) is 0 Å². The van der Waals surface area contributed by atoms with E-state index in [2.05, 4.69) is 207 Å². The normalized spacial score (nSPS) is 15.5. The van der Waals surface area contributed by atoms with E-state index in [9.17, 15) is 0 Å². The fourth-order valence-corrected chi connectivity index (χ4v) is 10.9. The molecule has 0 amide bonds.